The van der Waals surface area contributed by atoms with E-state index in [4.69, 9.17) is 19.2 Å². The van der Waals surface area contributed by atoms with Crippen molar-refractivity contribution < 1.29 is 19.0 Å². The van der Waals surface area contributed by atoms with Gasteiger partial charge in [-0.15, -0.1) is 0 Å². The number of carbonyl (C=O) groups excluding carboxylic acids is 1. The number of aromatic nitrogens is 2. The first-order valence-corrected chi connectivity index (χ1v) is 11.1. The summed E-state index contributed by atoms with van der Waals surface area (Å²) in [5.74, 6) is 2.68. The van der Waals surface area contributed by atoms with E-state index in [9.17, 15) is 4.79 Å². The second-order valence-corrected chi connectivity index (χ2v) is 7.99. The molecule has 8 heteroatoms. The van der Waals surface area contributed by atoms with Crippen LogP contribution in [-0.4, -0.2) is 42.8 Å². The predicted octanol–water partition coefficient (Wildman–Crippen LogP) is 4.09. The fraction of sp³-hybridized carbons (Fsp3) is 0.231. The molecule has 5 rings (SSSR count). The number of nitrogens with one attached hydrogen (secondary N) is 1. The molecule has 1 amide bonds. The van der Waals surface area contributed by atoms with Crippen molar-refractivity contribution in [3.63, 3.8) is 0 Å². The van der Waals surface area contributed by atoms with Crippen LogP contribution >= 0.6 is 0 Å². The van der Waals surface area contributed by atoms with E-state index >= 15 is 0 Å². The minimum absolute atomic E-state index is 0.112. The molecule has 0 aliphatic carbocycles. The first-order chi connectivity index (χ1) is 16.6. The molecule has 1 aliphatic heterocycles. The zero-order valence-electron chi connectivity index (χ0n) is 19.2. The van der Waals surface area contributed by atoms with Gasteiger partial charge in [0.2, 0.25) is 0 Å². The molecule has 1 N–H and O–H groups in total. The quantitative estimate of drug-likeness (QED) is 0.450. The average Bonchev–Trinajstić information content (AvgIpc) is 3.26. The van der Waals surface area contributed by atoms with E-state index in [0.29, 0.717) is 23.7 Å². The highest BCUT2D eigenvalue weighted by molar-refractivity contribution is 5.93. The first-order valence-electron chi connectivity index (χ1n) is 11.1. The molecule has 3 aromatic carbocycles. The molecular formula is C26H26N4O4. The van der Waals surface area contributed by atoms with Crippen LogP contribution in [0.3, 0.4) is 0 Å². The normalized spacial score (nSPS) is 12.8. The van der Waals surface area contributed by atoms with E-state index in [0.717, 1.165) is 35.9 Å². The summed E-state index contributed by atoms with van der Waals surface area (Å²) in [6, 6.07) is 21.1. The molecule has 0 atom stereocenters. The van der Waals surface area contributed by atoms with Gasteiger partial charge in [0.15, 0.2) is 6.61 Å². The molecule has 4 aromatic rings. The minimum atomic E-state index is -0.270. The second kappa shape index (κ2) is 9.35. The lowest BCUT2D eigenvalue weighted by molar-refractivity contribution is -0.118. The van der Waals surface area contributed by atoms with Crippen molar-refractivity contribution in [1.29, 1.82) is 0 Å². The molecule has 0 spiro atoms. The molecule has 0 unspecified atom stereocenters. The van der Waals surface area contributed by atoms with E-state index in [1.807, 2.05) is 36.4 Å². The molecule has 0 saturated carbocycles. The van der Waals surface area contributed by atoms with Crippen molar-refractivity contribution in [2.24, 2.45) is 0 Å². The zero-order valence-corrected chi connectivity index (χ0v) is 19.2. The molecule has 34 heavy (non-hydrogen) atoms. The van der Waals surface area contributed by atoms with Crippen LogP contribution in [0.4, 0.5) is 11.4 Å². The number of rotatable bonds is 7. The maximum absolute atomic E-state index is 12.4. The van der Waals surface area contributed by atoms with Crippen molar-refractivity contribution in [3.05, 3.63) is 72.6 Å². The van der Waals surface area contributed by atoms with Gasteiger partial charge < -0.3 is 29.0 Å². The number of benzene rings is 3. The lowest BCUT2D eigenvalue weighted by atomic mass is 10.2. The van der Waals surface area contributed by atoms with Crippen LogP contribution in [0.25, 0.3) is 11.0 Å². The SMILES string of the molecule is COc1ccc(OCC(=O)Nc2ccc(N3CCn4c(nc5ccccc54)C3)cc2OC)cc1. The van der Waals surface area contributed by atoms with Crippen molar-refractivity contribution in [2.45, 2.75) is 13.1 Å². The molecule has 0 radical (unpaired) electrons. The molecule has 1 aromatic heterocycles. The summed E-state index contributed by atoms with van der Waals surface area (Å²) < 4.78 is 18.5. The molecule has 2 heterocycles. The van der Waals surface area contributed by atoms with Crippen LogP contribution in [0, 0.1) is 0 Å². The summed E-state index contributed by atoms with van der Waals surface area (Å²) >= 11 is 0. The number of carbonyl (C=O) groups is 1. The highest BCUT2D eigenvalue weighted by atomic mass is 16.5. The number of fused-ring (bicyclic) bond motifs is 3. The number of amides is 1. The van der Waals surface area contributed by atoms with Crippen LogP contribution in [0.2, 0.25) is 0 Å². The van der Waals surface area contributed by atoms with Gasteiger partial charge in [-0.05, 0) is 48.5 Å². The third kappa shape index (κ3) is 4.34. The van der Waals surface area contributed by atoms with Crippen LogP contribution in [0.1, 0.15) is 5.82 Å². The topological polar surface area (TPSA) is 77.9 Å². The smallest absolute Gasteiger partial charge is 0.262 e. The number of methoxy groups -OCH3 is 2. The Morgan fingerprint density at radius 1 is 0.971 bits per heavy atom. The summed E-state index contributed by atoms with van der Waals surface area (Å²) in [4.78, 5) is 19.5. The standard InChI is InChI=1S/C26H26N4O4/c1-32-19-8-10-20(11-9-19)34-17-26(31)28-22-12-7-18(15-24(22)33-2)29-13-14-30-23-6-4-3-5-21(23)27-25(30)16-29/h3-12,15H,13-14,16-17H2,1-2H3,(H,28,31). The number of imidazole rings is 1. The van der Waals surface area contributed by atoms with Crippen molar-refractivity contribution in [1.82, 2.24) is 9.55 Å². The molecule has 0 saturated heterocycles. The lowest BCUT2D eigenvalue weighted by Gasteiger charge is -2.30. The Kier molecular flexibility index (Phi) is 5.95. The fourth-order valence-electron chi connectivity index (χ4n) is 4.17. The number of hydrogen-bond donors (Lipinski definition) is 1. The maximum atomic E-state index is 12.4. The van der Waals surface area contributed by atoms with Crippen LogP contribution in [-0.2, 0) is 17.9 Å². The molecule has 1 aliphatic rings. The van der Waals surface area contributed by atoms with Gasteiger partial charge in [0.05, 0.1) is 37.5 Å². The van der Waals surface area contributed by atoms with Gasteiger partial charge in [0.25, 0.3) is 5.91 Å². The Balaban J connectivity index is 1.25. The highest BCUT2D eigenvalue weighted by Crippen LogP contribution is 2.32. The highest BCUT2D eigenvalue weighted by Gasteiger charge is 2.21. The first kappa shape index (κ1) is 21.6. The minimum Gasteiger partial charge on any atom is -0.497 e. The Morgan fingerprint density at radius 2 is 1.76 bits per heavy atom. The van der Waals surface area contributed by atoms with E-state index in [-0.39, 0.29) is 12.5 Å². The van der Waals surface area contributed by atoms with Gasteiger partial charge in [-0.3, -0.25) is 4.79 Å². The number of para-hydroxylation sites is 2. The fourth-order valence-corrected chi connectivity index (χ4v) is 4.17. The Morgan fingerprint density at radius 3 is 2.56 bits per heavy atom. The monoisotopic (exact) mass is 458 g/mol. The molecule has 0 bridgehead atoms. The van der Waals surface area contributed by atoms with Crippen LogP contribution < -0.4 is 24.4 Å². The number of ether oxygens (including phenoxy) is 3. The van der Waals surface area contributed by atoms with Gasteiger partial charge in [-0.25, -0.2) is 4.98 Å². The third-order valence-electron chi connectivity index (χ3n) is 5.91. The predicted molar refractivity (Wildman–Crippen MR) is 131 cm³/mol. The zero-order chi connectivity index (χ0) is 23.5. The Labute approximate surface area is 197 Å². The van der Waals surface area contributed by atoms with E-state index in [2.05, 4.69) is 20.9 Å². The van der Waals surface area contributed by atoms with Gasteiger partial charge >= 0.3 is 0 Å². The summed E-state index contributed by atoms with van der Waals surface area (Å²) in [5.41, 5.74) is 3.80. The van der Waals surface area contributed by atoms with Crippen molar-refractivity contribution in [2.75, 3.05) is 37.6 Å². The molecule has 174 valence electrons. The van der Waals surface area contributed by atoms with E-state index in [1.165, 1.54) is 5.52 Å². The second-order valence-electron chi connectivity index (χ2n) is 7.99. The van der Waals surface area contributed by atoms with Crippen LogP contribution in [0.15, 0.2) is 66.7 Å². The van der Waals surface area contributed by atoms with Gasteiger partial charge in [0, 0.05) is 24.8 Å². The number of anilines is 2. The average molecular weight is 459 g/mol. The van der Waals surface area contributed by atoms with E-state index < -0.39 is 0 Å². The van der Waals surface area contributed by atoms with Crippen molar-refractivity contribution in [3.8, 4) is 17.2 Å². The Bertz CT molecular complexity index is 1320. The lowest BCUT2D eigenvalue weighted by Crippen LogP contribution is -2.33. The van der Waals surface area contributed by atoms with Crippen molar-refractivity contribution >= 4 is 28.3 Å². The third-order valence-corrected chi connectivity index (χ3v) is 5.91. The van der Waals surface area contributed by atoms with E-state index in [1.54, 1.807) is 38.5 Å². The molecule has 8 nitrogen and oxygen atoms in total. The summed E-state index contributed by atoms with van der Waals surface area (Å²) in [5, 5.41) is 2.87. The van der Waals surface area contributed by atoms with Crippen LogP contribution in [0.5, 0.6) is 17.2 Å². The number of hydrogen-bond acceptors (Lipinski definition) is 6. The molecular weight excluding hydrogens is 432 g/mol. The summed E-state index contributed by atoms with van der Waals surface area (Å²) in [6.07, 6.45) is 0. The summed E-state index contributed by atoms with van der Waals surface area (Å²) in [6.45, 7) is 2.32. The van der Waals surface area contributed by atoms with Gasteiger partial charge in [-0.2, -0.15) is 0 Å². The molecule has 0 fully saturated rings. The van der Waals surface area contributed by atoms with Gasteiger partial charge in [0.1, 0.15) is 23.1 Å². The number of nitrogens with zero attached hydrogens (tertiary/aromatic N) is 3. The van der Waals surface area contributed by atoms with Gasteiger partial charge in [-0.1, -0.05) is 12.1 Å². The summed E-state index contributed by atoms with van der Waals surface area (Å²) in [7, 11) is 3.20. The Hall–Kier alpha value is -4.20. The largest absolute Gasteiger partial charge is 0.497 e. The maximum Gasteiger partial charge on any atom is 0.262 e.